The number of ether oxygens (including phenoxy) is 1. The maximum absolute atomic E-state index is 10.9. The number of nitrogens with two attached hydrogens (primary N) is 1. The van der Waals surface area contributed by atoms with Crippen molar-refractivity contribution in [1.82, 2.24) is 9.78 Å². The third kappa shape index (κ3) is 2.85. The Hall–Kier alpha value is -1.36. The molecule has 78 valence electrons. The highest BCUT2D eigenvalue weighted by molar-refractivity contribution is 5.69. The van der Waals surface area contributed by atoms with Crippen molar-refractivity contribution in [1.29, 1.82) is 0 Å². The molecule has 0 bridgehead atoms. The number of hydrogen-bond donors (Lipinski definition) is 1. The van der Waals surface area contributed by atoms with Crippen molar-refractivity contribution in [3.63, 3.8) is 0 Å². The number of aryl methyl sites for hydroxylation is 1. The second-order valence-electron chi connectivity index (χ2n) is 3.17. The summed E-state index contributed by atoms with van der Waals surface area (Å²) in [6.07, 6.45) is 4.48. The highest BCUT2D eigenvalue weighted by Gasteiger charge is 2.10. The normalized spacial score (nSPS) is 12.5. The SMILES string of the molecule is COC(=O)CCC(N)c1cnn(C)c1. The smallest absolute Gasteiger partial charge is 0.305 e. The molecule has 1 aromatic heterocycles. The van der Waals surface area contributed by atoms with Gasteiger partial charge in [0.2, 0.25) is 0 Å². The van der Waals surface area contributed by atoms with Crippen molar-refractivity contribution in [3.05, 3.63) is 18.0 Å². The molecule has 5 heteroatoms. The molecule has 0 saturated carbocycles. The monoisotopic (exact) mass is 197 g/mol. The minimum Gasteiger partial charge on any atom is -0.469 e. The van der Waals surface area contributed by atoms with E-state index in [4.69, 9.17) is 5.73 Å². The van der Waals surface area contributed by atoms with Crippen LogP contribution in [0.2, 0.25) is 0 Å². The molecule has 0 aliphatic rings. The summed E-state index contributed by atoms with van der Waals surface area (Å²) < 4.78 is 6.21. The molecule has 0 amide bonds. The standard InChI is InChI=1S/C9H15N3O2/c1-12-6-7(5-11-12)8(10)3-4-9(13)14-2/h5-6,8H,3-4,10H2,1-2H3. The van der Waals surface area contributed by atoms with Crippen molar-refractivity contribution in [2.75, 3.05) is 7.11 Å². The largest absolute Gasteiger partial charge is 0.469 e. The first-order chi connectivity index (χ1) is 6.63. The van der Waals surface area contributed by atoms with E-state index in [9.17, 15) is 4.79 Å². The molecule has 14 heavy (non-hydrogen) atoms. The molecule has 5 nitrogen and oxygen atoms in total. The van der Waals surface area contributed by atoms with Crippen LogP contribution >= 0.6 is 0 Å². The van der Waals surface area contributed by atoms with E-state index in [0.717, 1.165) is 5.56 Å². The van der Waals surface area contributed by atoms with E-state index in [1.54, 1.807) is 10.9 Å². The molecule has 1 unspecified atom stereocenters. The Morgan fingerprint density at radius 1 is 1.79 bits per heavy atom. The molecule has 1 rings (SSSR count). The van der Waals surface area contributed by atoms with Gasteiger partial charge < -0.3 is 10.5 Å². The Morgan fingerprint density at radius 2 is 2.50 bits per heavy atom. The number of esters is 1. The molecule has 0 fully saturated rings. The Kier molecular flexibility index (Phi) is 3.64. The van der Waals surface area contributed by atoms with Crippen LogP contribution in [0, 0.1) is 0 Å². The van der Waals surface area contributed by atoms with Crippen molar-refractivity contribution < 1.29 is 9.53 Å². The first-order valence-corrected chi connectivity index (χ1v) is 4.44. The van der Waals surface area contributed by atoms with E-state index in [1.807, 2.05) is 13.2 Å². The van der Waals surface area contributed by atoms with Crippen molar-refractivity contribution in [3.8, 4) is 0 Å². The van der Waals surface area contributed by atoms with Gasteiger partial charge in [-0.15, -0.1) is 0 Å². The molecule has 0 spiro atoms. The lowest BCUT2D eigenvalue weighted by Crippen LogP contribution is -2.12. The third-order valence-electron chi connectivity index (χ3n) is 2.04. The van der Waals surface area contributed by atoms with Gasteiger partial charge in [0.05, 0.1) is 13.3 Å². The summed E-state index contributed by atoms with van der Waals surface area (Å²) in [5.74, 6) is -0.232. The van der Waals surface area contributed by atoms with Crippen molar-refractivity contribution in [2.24, 2.45) is 12.8 Å². The van der Waals surface area contributed by atoms with Crippen LogP contribution in [-0.4, -0.2) is 22.9 Å². The lowest BCUT2D eigenvalue weighted by Gasteiger charge is -2.07. The molecule has 0 radical (unpaired) electrons. The molecular weight excluding hydrogens is 182 g/mol. The van der Waals surface area contributed by atoms with Gasteiger partial charge in [0.25, 0.3) is 0 Å². The number of carbonyl (C=O) groups excluding carboxylic acids is 1. The van der Waals surface area contributed by atoms with E-state index < -0.39 is 0 Å². The van der Waals surface area contributed by atoms with E-state index in [1.165, 1.54) is 7.11 Å². The van der Waals surface area contributed by atoms with Crippen LogP contribution in [0.3, 0.4) is 0 Å². The fourth-order valence-corrected chi connectivity index (χ4v) is 1.17. The zero-order valence-electron chi connectivity index (χ0n) is 8.43. The summed E-state index contributed by atoms with van der Waals surface area (Å²) >= 11 is 0. The minimum absolute atomic E-state index is 0.150. The number of methoxy groups -OCH3 is 1. The molecule has 1 atom stereocenters. The number of aromatic nitrogens is 2. The van der Waals surface area contributed by atoms with E-state index >= 15 is 0 Å². The van der Waals surface area contributed by atoms with Crippen LogP contribution in [0.5, 0.6) is 0 Å². The van der Waals surface area contributed by atoms with Gasteiger partial charge in [-0.3, -0.25) is 9.48 Å². The zero-order chi connectivity index (χ0) is 10.6. The van der Waals surface area contributed by atoms with Gasteiger partial charge in [0, 0.05) is 31.3 Å². The van der Waals surface area contributed by atoms with Crippen LogP contribution in [0.4, 0.5) is 0 Å². The molecule has 0 aliphatic carbocycles. The summed E-state index contributed by atoms with van der Waals surface area (Å²) in [5.41, 5.74) is 6.79. The average Bonchev–Trinajstić information content (AvgIpc) is 2.60. The highest BCUT2D eigenvalue weighted by atomic mass is 16.5. The van der Waals surface area contributed by atoms with Gasteiger partial charge in [0.1, 0.15) is 0 Å². The van der Waals surface area contributed by atoms with E-state index in [0.29, 0.717) is 12.8 Å². The van der Waals surface area contributed by atoms with E-state index in [2.05, 4.69) is 9.84 Å². The van der Waals surface area contributed by atoms with Gasteiger partial charge >= 0.3 is 5.97 Å². The fraction of sp³-hybridized carbons (Fsp3) is 0.556. The Morgan fingerprint density at radius 3 is 3.00 bits per heavy atom. The number of nitrogens with zero attached hydrogens (tertiary/aromatic N) is 2. The fourth-order valence-electron chi connectivity index (χ4n) is 1.17. The molecule has 2 N–H and O–H groups in total. The lowest BCUT2D eigenvalue weighted by molar-refractivity contribution is -0.140. The quantitative estimate of drug-likeness (QED) is 0.708. The van der Waals surface area contributed by atoms with Gasteiger partial charge in [-0.1, -0.05) is 0 Å². The molecule has 0 aliphatic heterocycles. The lowest BCUT2D eigenvalue weighted by atomic mass is 10.1. The third-order valence-corrected chi connectivity index (χ3v) is 2.04. The van der Waals surface area contributed by atoms with Crippen molar-refractivity contribution >= 4 is 5.97 Å². The first kappa shape index (κ1) is 10.7. The van der Waals surface area contributed by atoms with Gasteiger partial charge in [-0.05, 0) is 6.42 Å². The van der Waals surface area contributed by atoms with Gasteiger partial charge in [-0.2, -0.15) is 5.10 Å². The summed E-state index contributed by atoms with van der Waals surface area (Å²) in [6.45, 7) is 0. The predicted molar refractivity (Wildman–Crippen MR) is 51.4 cm³/mol. The highest BCUT2D eigenvalue weighted by Crippen LogP contribution is 2.14. The van der Waals surface area contributed by atoms with Gasteiger partial charge in [0.15, 0.2) is 0 Å². The van der Waals surface area contributed by atoms with Crippen LogP contribution in [0.15, 0.2) is 12.4 Å². The molecular formula is C9H15N3O2. The molecule has 1 heterocycles. The topological polar surface area (TPSA) is 70.1 Å². The molecule has 1 aromatic rings. The van der Waals surface area contributed by atoms with Gasteiger partial charge in [-0.25, -0.2) is 0 Å². The molecule has 0 aromatic carbocycles. The Labute approximate surface area is 82.8 Å². The minimum atomic E-state index is -0.232. The maximum Gasteiger partial charge on any atom is 0.305 e. The van der Waals surface area contributed by atoms with E-state index in [-0.39, 0.29) is 12.0 Å². The van der Waals surface area contributed by atoms with Crippen LogP contribution in [0.1, 0.15) is 24.4 Å². The van der Waals surface area contributed by atoms with Crippen molar-refractivity contribution in [2.45, 2.75) is 18.9 Å². The first-order valence-electron chi connectivity index (χ1n) is 4.44. The maximum atomic E-state index is 10.9. The van der Waals surface area contributed by atoms with Crippen LogP contribution in [0.25, 0.3) is 0 Å². The Balaban J connectivity index is 2.42. The van der Waals surface area contributed by atoms with Crippen LogP contribution in [-0.2, 0) is 16.6 Å². The number of carbonyl (C=O) groups is 1. The Bertz CT molecular complexity index is 309. The second kappa shape index (κ2) is 4.76. The molecule has 0 saturated heterocycles. The summed E-state index contributed by atoms with van der Waals surface area (Å²) in [7, 11) is 3.20. The number of hydrogen-bond acceptors (Lipinski definition) is 4. The predicted octanol–water partition coefficient (Wildman–Crippen LogP) is 0.373. The second-order valence-corrected chi connectivity index (χ2v) is 3.17. The number of rotatable bonds is 4. The summed E-state index contributed by atoms with van der Waals surface area (Å²) in [4.78, 5) is 10.9. The zero-order valence-corrected chi connectivity index (χ0v) is 8.43. The average molecular weight is 197 g/mol. The van der Waals surface area contributed by atoms with Crippen LogP contribution < -0.4 is 5.73 Å². The summed E-state index contributed by atoms with van der Waals surface area (Å²) in [5, 5.41) is 4.01. The summed E-state index contributed by atoms with van der Waals surface area (Å²) in [6, 6.07) is -0.150.